The van der Waals surface area contributed by atoms with Crippen LogP contribution in [-0.2, 0) is 24.2 Å². The molecule has 1 aliphatic rings. The minimum Gasteiger partial charge on any atom is -0.324 e. The van der Waals surface area contributed by atoms with Gasteiger partial charge in [0.25, 0.3) is 5.56 Å². The van der Waals surface area contributed by atoms with Crippen molar-refractivity contribution in [3.63, 3.8) is 0 Å². The Morgan fingerprint density at radius 1 is 1.34 bits per heavy atom. The van der Waals surface area contributed by atoms with E-state index < -0.39 is 0 Å². The number of aryl methyl sites for hydroxylation is 2. The van der Waals surface area contributed by atoms with Gasteiger partial charge in [0.15, 0.2) is 4.83 Å². The average Bonchev–Trinajstić information content (AvgIpc) is 3.01. The minimum absolute atomic E-state index is 0.148. The second kappa shape index (κ2) is 7.37. The number of hydrogen-bond donors (Lipinski definition) is 1. The van der Waals surface area contributed by atoms with Gasteiger partial charge in [0.1, 0.15) is 6.54 Å². The number of aromatic nitrogens is 3. The molecule has 1 N–H and O–H groups in total. The van der Waals surface area contributed by atoms with Gasteiger partial charge < -0.3 is 5.32 Å². The molecule has 0 spiro atoms. The molecule has 1 aromatic carbocycles. The van der Waals surface area contributed by atoms with E-state index in [2.05, 4.69) is 36.4 Å². The number of carbonyl (C=O) groups is 1. The van der Waals surface area contributed by atoms with Crippen molar-refractivity contribution in [1.82, 2.24) is 15.0 Å². The minimum atomic E-state index is -0.289. The van der Waals surface area contributed by atoms with Gasteiger partial charge in [0.2, 0.25) is 5.91 Å². The zero-order chi connectivity index (χ0) is 20.8. The Labute approximate surface area is 173 Å². The molecule has 4 rings (SSSR count). The predicted molar refractivity (Wildman–Crippen MR) is 116 cm³/mol. The molecular formula is C22H26N4O2S. The summed E-state index contributed by atoms with van der Waals surface area (Å²) in [5.74, 6) is 0.307. The van der Waals surface area contributed by atoms with Gasteiger partial charge in [-0.1, -0.05) is 38.1 Å². The van der Waals surface area contributed by atoms with Gasteiger partial charge in [-0.05, 0) is 60.8 Å². The summed E-state index contributed by atoms with van der Waals surface area (Å²) in [4.78, 5) is 27.4. The van der Waals surface area contributed by atoms with Crippen molar-refractivity contribution in [2.75, 3.05) is 5.32 Å². The van der Waals surface area contributed by atoms with Gasteiger partial charge in [0, 0.05) is 10.6 Å². The van der Waals surface area contributed by atoms with Crippen LogP contribution in [0.3, 0.4) is 0 Å². The monoisotopic (exact) mass is 410 g/mol. The molecule has 0 aliphatic heterocycles. The van der Waals surface area contributed by atoms with E-state index in [4.69, 9.17) is 0 Å². The maximum atomic E-state index is 13.1. The molecule has 0 saturated heterocycles. The molecular weight excluding hydrogens is 384 g/mol. The summed E-state index contributed by atoms with van der Waals surface area (Å²) >= 11 is 1.58. The molecule has 1 unspecified atom stereocenters. The summed E-state index contributed by atoms with van der Waals surface area (Å²) in [6.07, 6.45) is 2.93. The maximum absolute atomic E-state index is 13.1. The maximum Gasteiger partial charge on any atom is 0.279 e. The molecule has 29 heavy (non-hydrogen) atoms. The average molecular weight is 411 g/mol. The lowest BCUT2D eigenvalue weighted by molar-refractivity contribution is -0.117. The molecule has 152 valence electrons. The number of anilines is 1. The lowest BCUT2D eigenvalue weighted by Crippen LogP contribution is -2.31. The van der Waals surface area contributed by atoms with Crippen molar-refractivity contribution in [1.29, 1.82) is 0 Å². The smallest absolute Gasteiger partial charge is 0.279 e. The van der Waals surface area contributed by atoms with E-state index in [0.717, 1.165) is 30.4 Å². The number of fused-ring (bicyclic) bond motifs is 3. The standard InChI is InChI=1S/C22H26N4O2S/c1-13-6-5-7-15(10-13)23-18(27)12-26-21(28)19-16-9-8-14(22(2,3)4)11-17(16)29-20(19)24-25-26/h5-7,10,14H,8-9,11-12H2,1-4H3,(H,23,27). The van der Waals surface area contributed by atoms with Crippen LogP contribution in [0.5, 0.6) is 0 Å². The third-order valence-corrected chi connectivity index (χ3v) is 6.90. The van der Waals surface area contributed by atoms with Crippen LogP contribution in [0.4, 0.5) is 5.69 Å². The van der Waals surface area contributed by atoms with E-state index >= 15 is 0 Å². The highest BCUT2D eigenvalue weighted by Gasteiger charge is 2.32. The lowest BCUT2D eigenvalue weighted by Gasteiger charge is -2.33. The second-order valence-corrected chi connectivity index (χ2v) is 10.0. The predicted octanol–water partition coefficient (Wildman–Crippen LogP) is 3.95. The molecule has 0 radical (unpaired) electrons. The van der Waals surface area contributed by atoms with Gasteiger partial charge in [-0.15, -0.1) is 16.4 Å². The number of nitrogens with zero attached hydrogens (tertiary/aromatic N) is 3. The third-order valence-electron chi connectivity index (χ3n) is 5.76. The number of hydrogen-bond acceptors (Lipinski definition) is 5. The highest BCUT2D eigenvalue weighted by molar-refractivity contribution is 7.18. The Morgan fingerprint density at radius 3 is 2.86 bits per heavy atom. The van der Waals surface area contributed by atoms with Gasteiger partial charge in [-0.3, -0.25) is 9.59 Å². The molecule has 7 heteroatoms. The Kier molecular flexibility index (Phi) is 5.02. The summed E-state index contributed by atoms with van der Waals surface area (Å²) in [7, 11) is 0. The molecule has 3 aromatic rings. The van der Waals surface area contributed by atoms with Crippen LogP contribution in [0.1, 0.15) is 43.2 Å². The summed E-state index contributed by atoms with van der Waals surface area (Å²) < 4.78 is 1.18. The molecule has 1 aliphatic carbocycles. The van der Waals surface area contributed by atoms with Crippen molar-refractivity contribution in [2.24, 2.45) is 11.3 Å². The summed E-state index contributed by atoms with van der Waals surface area (Å²) in [5, 5.41) is 11.8. The Balaban J connectivity index is 1.60. The fraction of sp³-hybridized carbons (Fsp3) is 0.455. The zero-order valence-electron chi connectivity index (χ0n) is 17.3. The Bertz CT molecular complexity index is 1140. The number of carbonyl (C=O) groups excluding carboxylic acids is 1. The van der Waals surface area contributed by atoms with Gasteiger partial charge in [-0.2, -0.15) is 0 Å². The van der Waals surface area contributed by atoms with Crippen molar-refractivity contribution in [2.45, 2.75) is 53.5 Å². The quantitative estimate of drug-likeness (QED) is 0.709. The van der Waals surface area contributed by atoms with Crippen molar-refractivity contribution in [3.05, 3.63) is 50.6 Å². The molecule has 0 bridgehead atoms. The largest absolute Gasteiger partial charge is 0.324 e. The first kappa shape index (κ1) is 19.8. The summed E-state index contributed by atoms with van der Waals surface area (Å²) in [6.45, 7) is 8.63. The molecule has 6 nitrogen and oxygen atoms in total. The molecule has 1 amide bonds. The molecule has 2 heterocycles. The third kappa shape index (κ3) is 3.96. The van der Waals surface area contributed by atoms with Crippen molar-refractivity contribution < 1.29 is 4.79 Å². The van der Waals surface area contributed by atoms with Crippen LogP contribution in [0.2, 0.25) is 0 Å². The SMILES string of the molecule is Cc1cccc(NC(=O)Cn2nnc3sc4c(c3c2=O)CCC(C(C)(C)C)C4)c1. The highest BCUT2D eigenvalue weighted by atomic mass is 32.1. The van der Waals surface area contributed by atoms with Crippen molar-refractivity contribution >= 4 is 33.1 Å². The van der Waals surface area contributed by atoms with Crippen LogP contribution >= 0.6 is 11.3 Å². The van der Waals surface area contributed by atoms with Crippen LogP contribution in [0.15, 0.2) is 29.1 Å². The first-order valence-electron chi connectivity index (χ1n) is 9.97. The fourth-order valence-electron chi connectivity index (χ4n) is 4.03. The van der Waals surface area contributed by atoms with Gasteiger partial charge in [-0.25, -0.2) is 4.68 Å². The Morgan fingerprint density at radius 2 is 2.14 bits per heavy atom. The molecule has 0 saturated carbocycles. The van der Waals surface area contributed by atoms with Crippen molar-refractivity contribution in [3.8, 4) is 0 Å². The van der Waals surface area contributed by atoms with Crippen LogP contribution in [0, 0.1) is 18.3 Å². The Hall–Kier alpha value is -2.54. The molecule has 2 aromatic heterocycles. The van der Waals surface area contributed by atoms with E-state index in [-0.39, 0.29) is 23.4 Å². The number of rotatable bonds is 3. The van der Waals surface area contributed by atoms with E-state index in [9.17, 15) is 9.59 Å². The molecule has 1 atom stereocenters. The van der Waals surface area contributed by atoms with Crippen LogP contribution in [-0.4, -0.2) is 20.9 Å². The zero-order valence-corrected chi connectivity index (χ0v) is 18.1. The summed E-state index contributed by atoms with van der Waals surface area (Å²) in [5.41, 5.74) is 2.89. The van der Waals surface area contributed by atoms with E-state index in [1.165, 1.54) is 9.56 Å². The first-order chi connectivity index (χ1) is 13.7. The van der Waals surface area contributed by atoms with E-state index in [0.29, 0.717) is 21.8 Å². The molecule has 0 fully saturated rings. The summed E-state index contributed by atoms with van der Waals surface area (Å²) in [6, 6.07) is 7.55. The van der Waals surface area contributed by atoms with Gasteiger partial charge >= 0.3 is 0 Å². The second-order valence-electron chi connectivity index (χ2n) is 8.96. The number of thiophene rings is 1. The van der Waals surface area contributed by atoms with Crippen LogP contribution in [0.25, 0.3) is 10.2 Å². The fourth-order valence-corrected chi connectivity index (χ4v) is 5.26. The van der Waals surface area contributed by atoms with E-state index in [1.54, 1.807) is 11.3 Å². The number of amides is 1. The number of benzene rings is 1. The first-order valence-corrected chi connectivity index (χ1v) is 10.8. The van der Waals surface area contributed by atoms with E-state index in [1.807, 2.05) is 31.2 Å². The topological polar surface area (TPSA) is 76.9 Å². The normalized spacial score (nSPS) is 16.6. The van der Waals surface area contributed by atoms with Gasteiger partial charge in [0.05, 0.1) is 5.39 Å². The highest BCUT2D eigenvalue weighted by Crippen LogP contribution is 2.41. The lowest BCUT2D eigenvalue weighted by atomic mass is 9.72. The number of nitrogens with one attached hydrogen (secondary N) is 1. The van der Waals surface area contributed by atoms with Crippen LogP contribution < -0.4 is 10.9 Å².